The molecule has 0 spiro atoms. The summed E-state index contributed by atoms with van der Waals surface area (Å²) in [6, 6.07) is 10.7. The van der Waals surface area contributed by atoms with Gasteiger partial charge in [0.25, 0.3) is 5.56 Å². The maximum atomic E-state index is 13.7. The number of benzene rings is 1. The van der Waals surface area contributed by atoms with Crippen molar-refractivity contribution in [3.05, 3.63) is 64.5 Å². The van der Waals surface area contributed by atoms with E-state index in [0.717, 1.165) is 0 Å². The van der Waals surface area contributed by atoms with E-state index in [1.807, 2.05) is 19.9 Å². The zero-order valence-electron chi connectivity index (χ0n) is 14.3. The number of nitriles is 1. The van der Waals surface area contributed by atoms with E-state index in [1.165, 1.54) is 18.2 Å². The smallest absolute Gasteiger partial charge is 0.250 e. The highest BCUT2D eigenvalue weighted by Crippen LogP contribution is 2.30. The lowest BCUT2D eigenvalue weighted by Crippen LogP contribution is -2.20. The molecule has 6 nitrogen and oxygen atoms in total. The molecule has 0 saturated carbocycles. The first-order valence-electron chi connectivity index (χ1n) is 7.97. The minimum atomic E-state index is -0.426. The molecule has 0 fully saturated rings. The molecular weight excluding hydrogens is 333 g/mol. The molecule has 1 aromatic carbocycles. The van der Waals surface area contributed by atoms with Crippen LogP contribution in [0.3, 0.4) is 0 Å². The summed E-state index contributed by atoms with van der Waals surface area (Å²) in [5.74, 6) is -0.460. The lowest BCUT2D eigenvalue weighted by molar-refractivity contribution is 0.579. The Bertz CT molecular complexity index is 1080. The minimum Gasteiger partial charge on any atom is -0.381 e. The Balaban J connectivity index is 2.31. The van der Waals surface area contributed by atoms with Gasteiger partial charge in [-0.1, -0.05) is 12.1 Å². The minimum absolute atomic E-state index is 0.0255. The van der Waals surface area contributed by atoms with E-state index in [4.69, 9.17) is 5.73 Å². The van der Waals surface area contributed by atoms with E-state index in [9.17, 15) is 14.4 Å². The second-order valence-corrected chi connectivity index (χ2v) is 6.03. The molecule has 26 heavy (non-hydrogen) atoms. The number of rotatable bonds is 3. The van der Waals surface area contributed by atoms with Crippen LogP contribution in [-0.2, 0) is 0 Å². The van der Waals surface area contributed by atoms with Crippen molar-refractivity contribution >= 4 is 5.82 Å². The number of pyridine rings is 1. The zero-order chi connectivity index (χ0) is 18.8. The lowest BCUT2D eigenvalue weighted by atomic mass is 10.0. The number of hydrogen-bond acceptors (Lipinski definition) is 5. The van der Waals surface area contributed by atoms with Crippen LogP contribution in [0.5, 0.6) is 0 Å². The van der Waals surface area contributed by atoms with Gasteiger partial charge in [0.15, 0.2) is 11.5 Å². The lowest BCUT2D eigenvalue weighted by Gasteiger charge is -2.14. The van der Waals surface area contributed by atoms with Crippen molar-refractivity contribution in [3.8, 4) is 28.6 Å². The fraction of sp³-hybridized carbons (Fsp3) is 0.158. The Morgan fingerprint density at radius 2 is 1.88 bits per heavy atom. The molecule has 0 amide bonds. The number of nitrogens with two attached hydrogens (primary N) is 1. The van der Waals surface area contributed by atoms with Crippen molar-refractivity contribution in [1.29, 1.82) is 5.26 Å². The monoisotopic (exact) mass is 349 g/mol. The van der Waals surface area contributed by atoms with Gasteiger partial charge in [0.05, 0.1) is 11.4 Å². The van der Waals surface area contributed by atoms with Crippen LogP contribution in [0.15, 0.2) is 47.4 Å². The summed E-state index contributed by atoms with van der Waals surface area (Å²) in [5, 5.41) is 9.23. The third-order valence-electron chi connectivity index (χ3n) is 3.89. The molecule has 0 saturated heterocycles. The maximum absolute atomic E-state index is 13.7. The van der Waals surface area contributed by atoms with E-state index >= 15 is 0 Å². The quantitative estimate of drug-likeness (QED) is 0.783. The number of anilines is 1. The first-order valence-corrected chi connectivity index (χ1v) is 7.97. The molecule has 2 N–H and O–H groups in total. The summed E-state index contributed by atoms with van der Waals surface area (Å²) >= 11 is 0. The third-order valence-corrected chi connectivity index (χ3v) is 3.89. The number of nitrogen functional groups attached to an aromatic ring is 1. The van der Waals surface area contributed by atoms with Gasteiger partial charge in [0, 0.05) is 29.4 Å². The normalized spacial score (nSPS) is 10.7. The Morgan fingerprint density at radius 1 is 1.15 bits per heavy atom. The Kier molecular flexibility index (Phi) is 4.50. The summed E-state index contributed by atoms with van der Waals surface area (Å²) in [6.45, 7) is 3.77. The number of halogens is 1. The van der Waals surface area contributed by atoms with Crippen molar-refractivity contribution in [1.82, 2.24) is 14.5 Å². The van der Waals surface area contributed by atoms with Gasteiger partial charge in [-0.15, -0.1) is 0 Å². The van der Waals surface area contributed by atoms with Crippen molar-refractivity contribution < 1.29 is 4.39 Å². The average Bonchev–Trinajstić information content (AvgIpc) is 2.62. The molecular formula is C19H16FN5O. The van der Waals surface area contributed by atoms with Crippen LogP contribution in [0, 0.1) is 17.1 Å². The van der Waals surface area contributed by atoms with Gasteiger partial charge in [0.1, 0.15) is 11.9 Å². The predicted molar refractivity (Wildman–Crippen MR) is 96.6 cm³/mol. The SMILES string of the molecule is CC(C)n1cc(-c2nc(C#N)c(N)nc2-c2cccc(F)c2)ccc1=O. The highest BCUT2D eigenvalue weighted by atomic mass is 19.1. The first-order chi connectivity index (χ1) is 12.4. The molecule has 2 aromatic heterocycles. The Morgan fingerprint density at radius 3 is 2.54 bits per heavy atom. The second-order valence-electron chi connectivity index (χ2n) is 6.03. The largest absolute Gasteiger partial charge is 0.381 e. The molecule has 0 bridgehead atoms. The van der Waals surface area contributed by atoms with Crippen molar-refractivity contribution in [2.24, 2.45) is 0 Å². The highest BCUT2D eigenvalue weighted by Gasteiger charge is 2.17. The Hall–Kier alpha value is -3.53. The number of hydrogen-bond donors (Lipinski definition) is 1. The molecule has 3 aromatic rings. The van der Waals surface area contributed by atoms with E-state index in [-0.39, 0.29) is 23.1 Å². The molecule has 0 aliphatic carbocycles. The molecule has 3 rings (SSSR count). The van der Waals surface area contributed by atoms with Crippen LogP contribution in [0.2, 0.25) is 0 Å². The van der Waals surface area contributed by atoms with Gasteiger partial charge >= 0.3 is 0 Å². The maximum Gasteiger partial charge on any atom is 0.250 e. The average molecular weight is 349 g/mol. The van der Waals surface area contributed by atoms with Crippen LogP contribution in [0.25, 0.3) is 22.5 Å². The van der Waals surface area contributed by atoms with E-state index in [0.29, 0.717) is 22.5 Å². The van der Waals surface area contributed by atoms with Crippen LogP contribution in [-0.4, -0.2) is 14.5 Å². The third kappa shape index (κ3) is 3.17. The fourth-order valence-corrected chi connectivity index (χ4v) is 2.62. The van der Waals surface area contributed by atoms with E-state index < -0.39 is 5.82 Å². The topological polar surface area (TPSA) is 97.6 Å². The van der Waals surface area contributed by atoms with Crippen LogP contribution >= 0.6 is 0 Å². The van der Waals surface area contributed by atoms with Gasteiger partial charge in [-0.2, -0.15) is 5.26 Å². The number of nitrogens with zero attached hydrogens (tertiary/aromatic N) is 4. The zero-order valence-corrected chi connectivity index (χ0v) is 14.3. The summed E-state index contributed by atoms with van der Waals surface area (Å²) in [7, 11) is 0. The molecule has 0 atom stereocenters. The standard InChI is InChI=1S/C19H16FN5O/c1-11(2)25-10-13(6-7-16(25)26)18-17(12-4-3-5-14(20)8-12)24-19(22)15(9-21)23-18/h3-8,10-11H,1-2H3,(H2,22,24). The molecule has 7 heteroatoms. The van der Waals surface area contributed by atoms with E-state index in [1.54, 1.807) is 29.0 Å². The van der Waals surface area contributed by atoms with Crippen LogP contribution < -0.4 is 11.3 Å². The first kappa shape index (κ1) is 17.3. The summed E-state index contributed by atoms with van der Waals surface area (Å²) in [5.41, 5.74) is 7.40. The van der Waals surface area contributed by atoms with E-state index in [2.05, 4.69) is 9.97 Å². The molecule has 0 radical (unpaired) electrons. The molecule has 0 unspecified atom stereocenters. The van der Waals surface area contributed by atoms with Gasteiger partial charge < -0.3 is 10.3 Å². The number of aromatic nitrogens is 3. The van der Waals surface area contributed by atoms with Gasteiger partial charge in [-0.25, -0.2) is 14.4 Å². The van der Waals surface area contributed by atoms with Crippen molar-refractivity contribution in [2.75, 3.05) is 5.73 Å². The van der Waals surface area contributed by atoms with Gasteiger partial charge in [-0.05, 0) is 32.0 Å². The summed E-state index contributed by atoms with van der Waals surface area (Å²) in [4.78, 5) is 20.6. The van der Waals surface area contributed by atoms with Crippen LogP contribution in [0.4, 0.5) is 10.2 Å². The molecule has 130 valence electrons. The highest BCUT2D eigenvalue weighted by molar-refractivity contribution is 5.79. The molecule has 2 heterocycles. The second kappa shape index (κ2) is 6.76. The summed E-state index contributed by atoms with van der Waals surface area (Å²) < 4.78 is 15.2. The van der Waals surface area contributed by atoms with Crippen LogP contribution in [0.1, 0.15) is 25.6 Å². The fourth-order valence-electron chi connectivity index (χ4n) is 2.62. The summed E-state index contributed by atoms with van der Waals surface area (Å²) in [6.07, 6.45) is 1.65. The predicted octanol–water partition coefficient (Wildman–Crippen LogP) is 3.15. The molecule has 0 aliphatic heterocycles. The van der Waals surface area contributed by atoms with Gasteiger partial charge in [0.2, 0.25) is 0 Å². The van der Waals surface area contributed by atoms with Crippen molar-refractivity contribution in [3.63, 3.8) is 0 Å². The van der Waals surface area contributed by atoms with Crippen molar-refractivity contribution in [2.45, 2.75) is 19.9 Å². The van der Waals surface area contributed by atoms with Gasteiger partial charge in [-0.3, -0.25) is 4.79 Å². The molecule has 0 aliphatic rings. The Labute approximate surface area is 149 Å².